The molecule has 2 rings (SSSR count). The summed E-state index contributed by atoms with van der Waals surface area (Å²) in [5.74, 6) is 1.09. The van der Waals surface area contributed by atoms with Gasteiger partial charge in [-0.1, -0.05) is 26.2 Å². The maximum atomic E-state index is 10.3. The average molecular weight is 207 g/mol. The van der Waals surface area contributed by atoms with Crippen LogP contribution in [0.25, 0.3) is 0 Å². The van der Waals surface area contributed by atoms with Gasteiger partial charge in [-0.05, 0) is 37.5 Å². The van der Waals surface area contributed by atoms with Crippen molar-refractivity contribution in [1.82, 2.24) is 0 Å². The number of hydrogen-bond acceptors (Lipinski definition) is 2. The summed E-state index contributed by atoms with van der Waals surface area (Å²) < 4.78 is 0. The van der Waals surface area contributed by atoms with Gasteiger partial charge < -0.3 is 5.11 Å². The van der Waals surface area contributed by atoms with E-state index in [9.17, 15) is 10.4 Å². The summed E-state index contributed by atoms with van der Waals surface area (Å²) >= 11 is 0. The van der Waals surface area contributed by atoms with Gasteiger partial charge in [0.15, 0.2) is 0 Å². The summed E-state index contributed by atoms with van der Waals surface area (Å²) in [7, 11) is 0. The van der Waals surface area contributed by atoms with Crippen molar-refractivity contribution in [1.29, 1.82) is 5.26 Å². The summed E-state index contributed by atoms with van der Waals surface area (Å²) in [5, 5.41) is 19.6. The number of nitrogens with zero attached hydrogens (tertiary/aromatic N) is 1. The summed E-state index contributed by atoms with van der Waals surface area (Å²) in [6.07, 6.45) is 7.27. The van der Waals surface area contributed by atoms with E-state index in [0.717, 1.165) is 38.5 Å². The smallest absolute Gasteiger partial charge is 0.0837 e. The SMILES string of the molecule is CCC1CCCC(C#N)(C(O)C2CC2)C1. The van der Waals surface area contributed by atoms with Crippen molar-refractivity contribution in [3.8, 4) is 6.07 Å². The Bertz CT molecular complexity index is 266. The van der Waals surface area contributed by atoms with Gasteiger partial charge in [0.1, 0.15) is 0 Å². The van der Waals surface area contributed by atoms with Crippen molar-refractivity contribution in [2.24, 2.45) is 17.3 Å². The van der Waals surface area contributed by atoms with Crippen molar-refractivity contribution >= 4 is 0 Å². The van der Waals surface area contributed by atoms with E-state index in [1.165, 1.54) is 6.42 Å². The van der Waals surface area contributed by atoms with Crippen LogP contribution in [0.15, 0.2) is 0 Å². The molecule has 2 aliphatic rings. The van der Waals surface area contributed by atoms with Crippen LogP contribution in [0.3, 0.4) is 0 Å². The molecule has 3 unspecified atom stereocenters. The predicted octanol–water partition coefficient (Wildman–Crippen LogP) is 2.87. The molecule has 1 N–H and O–H groups in total. The molecular formula is C13H21NO. The lowest BCUT2D eigenvalue weighted by atomic mass is 9.66. The van der Waals surface area contributed by atoms with Gasteiger partial charge in [-0.25, -0.2) is 0 Å². The van der Waals surface area contributed by atoms with Crippen LogP contribution < -0.4 is 0 Å². The Morgan fingerprint density at radius 3 is 2.73 bits per heavy atom. The summed E-state index contributed by atoms with van der Waals surface area (Å²) in [6, 6.07) is 2.45. The van der Waals surface area contributed by atoms with Crippen LogP contribution in [-0.2, 0) is 0 Å². The molecule has 0 spiro atoms. The molecule has 2 heteroatoms. The van der Waals surface area contributed by atoms with E-state index >= 15 is 0 Å². The Balaban J connectivity index is 2.09. The number of hydrogen-bond donors (Lipinski definition) is 1. The Hall–Kier alpha value is -0.550. The second kappa shape index (κ2) is 4.14. The molecule has 0 aromatic heterocycles. The first-order chi connectivity index (χ1) is 7.22. The lowest BCUT2D eigenvalue weighted by molar-refractivity contribution is 0.00512. The highest BCUT2D eigenvalue weighted by molar-refractivity contribution is 5.09. The average Bonchev–Trinajstić information content (AvgIpc) is 3.12. The quantitative estimate of drug-likeness (QED) is 0.773. The van der Waals surface area contributed by atoms with Gasteiger partial charge in [0.05, 0.1) is 17.6 Å². The molecule has 84 valence electrons. The molecule has 0 aromatic rings. The first-order valence-electron chi connectivity index (χ1n) is 6.31. The van der Waals surface area contributed by atoms with E-state index < -0.39 is 5.41 Å². The molecule has 0 saturated heterocycles. The van der Waals surface area contributed by atoms with Crippen molar-refractivity contribution in [3.63, 3.8) is 0 Å². The fourth-order valence-corrected chi connectivity index (χ4v) is 3.07. The van der Waals surface area contributed by atoms with Crippen molar-refractivity contribution in [3.05, 3.63) is 0 Å². The van der Waals surface area contributed by atoms with Crippen LogP contribution in [0.1, 0.15) is 51.9 Å². The molecule has 0 heterocycles. The van der Waals surface area contributed by atoms with Crippen LogP contribution in [0.4, 0.5) is 0 Å². The van der Waals surface area contributed by atoms with Crippen molar-refractivity contribution in [2.75, 3.05) is 0 Å². The highest BCUT2D eigenvalue weighted by Crippen LogP contribution is 2.49. The summed E-state index contributed by atoms with van der Waals surface area (Å²) in [5.41, 5.74) is -0.403. The van der Waals surface area contributed by atoms with E-state index in [1.807, 2.05) is 0 Å². The fraction of sp³-hybridized carbons (Fsp3) is 0.923. The minimum Gasteiger partial charge on any atom is -0.391 e. The first-order valence-corrected chi connectivity index (χ1v) is 6.31. The van der Waals surface area contributed by atoms with Gasteiger partial charge in [-0.3, -0.25) is 0 Å². The molecule has 0 bridgehead atoms. The van der Waals surface area contributed by atoms with Crippen LogP contribution in [0, 0.1) is 28.6 Å². The van der Waals surface area contributed by atoms with Crippen LogP contribution in [0.5, 0.6) is 0 Å². The molecule has 2 nitrogen and oxygen atoms in total. The molecule has 0 amide bonds. The van der Waals surface area contributed by atoms with E-state index in [1.54, 1.807) is 0 Å². The molecule has 2 saturated carbocycles. The maximum Gasteiger partial charge on any atom is 0.0837 e. The second-order valence-corrected chi connectivity index (χ2v) is 5.42. The van der Waals surface area contributed by atoms with Crippen LogP contribution in [-0.4, -0.2) is 11.2 Å². The minimum atomic E-state index is -0.403. The second-order valence-electron chi connectivity index (χ2n) is 5.42. The molecule has 0 radical (unpaired) electrons. The minimum absolute atomic E-state index is 0.350. The predicted molar refractivity (Wildman–Crippen MR) is 59.0 cm³/mol. The third-order valence-corrected chi connectivity index (χ3v) is 4.32. The lowest BCUT2D eigenvalue weighted by Crippen LogP contribution is -2.39. The number of aliphatic hydroxyl groups excluding tert-OH is 1. The van der Waals surface area contributed by atoms with E-state index in [2.05, 4.69) is 13.0 Å². The topological polar surface area (TPSA) is 44.0 Å². The van der Waals surface area contributed by atoms with Gasteiger partial charge in [0.25, 0.3) is 0 Å². The maximum absolute atomic E-state index is 10.3. The molecule has 0 aromatic carbocycles. The first kappa shape index (κ1) is 11.0. The molecule has 0 aliphatic heterocycles. The Kier molecular flexibility index (Phi) is 3.02. The summed E-state index contributed by atoms with van der Waals surface area (Å²) in [4.78, 5) is 0. The monoisotopic (exact) mass is 207 g/mol. The van der Waals surface area contributed by atoms with Crippen molar-refractivity contribution in [2.45, 2.75) is 58.0 Å². The van der Waals surface area contributed by atoms with Gasteiger partial charge >= 0.3 is 0 Å². The largest absolute Gasteiger partial charge is 0.391 e. The molecule has 2 fully saturated rings. The number of rotatable bonds is 3. The zero-order chi connectivity index (χ0) is 10.9. The Morgan fingerprint density at radius 2 is 2.20 bits per heavy atom. The number of nitriles is 1. The zero-order valence-electron chi connectivity index (χ0n) is 9.58. The Labute approximate surface area is 92.3 Å². The van der Waals surface area contributed by atoms with E-state index in [-0.39, 0.29) is 6.10 Å². The third-order valence-electron chi connectivity index (χ3n) is 4.32. The Morgan fingerprint density at radius 1 is 1.47 bits per heavy atom. The van der Waals surface area contributed by atoms with E-state index in [0.29, 0.717) is 11.8 Å². The molecule has 2 aliphatic carbocycles. The summed E-state index contributed by atoms with van der Waals surface area (Å²) in [6.45, 7) is 2.20. The highest BCUT2D eigenvalue weighted by atomic mass is 16.3. The normalized spacial score (nSPS) is 38.3. The third kappa shape index (κ3) is 2.03. The number of aliphatic hydroxyl groups is 1. The van der Waals surface area contributed by atoms with Gasteiger partial charge in [-0.2, -0.15) is 5.26 Å². The van der Waals surface area contributed by atoms with E-state index in [4.69, 9.17) is 0 Å². The molecule has 3 atom stereocenters. The van der Waals surface area contributed by atoms with Crippen LogP contribution >= 0.6 is 0 Å². The highest BCUT2D eigenvalue weighted by Gasteiger charge is 2.48. The van der Waals surface area contributed by atoms with Crippen LogP contribution in [0.2, 0.25) is 0 Å². The standard InChI is InChI=1S/C13H21NO/c1-2-10-4-3-7-13(8-10,9-14)12(15)11-5-6-11/h10-12,15H,2-8H2,1H3. The lowest BCUT2D eigenvalue weighted by Gasteiger charge is -2.39. The zero-order valence-corrected chi connectivity index (χ0v) is 9.58. The van der Waals surface area contributed by atoms with Gasteiger partial charge in [-0.15, -0.1) is 0 Å². The van der Waals surface area contributed by atoms with Gasteiger partial charge in [0, 0.05) is 0 Å². The molecular weight excluding hydrogens is 186 g/mol. The van der Waals surface area contributed by atoms with Crippen molar-refractivity contribution < 1.29 is 5.11 Å². The fourth-order valence-electron chi connectivity index (χ4n) is 3.07. The van der Waals surface area contributed by atoms with Gasteiger partial charge in [0.2, 0.25) is 0 Å². The molecule has 15 heavy (non-hydrogen) atoms.